The van der Waals surface area contributed by atoms with Crippen LogP contribution < -0.4 is 10.1 Å². The van der Waals surface area contributed by atoms with Crippen LogP contribution in [0.1, 0.15) is 54.4 Å². The van der Waals surface area contributed by atoms with Crippen LogP contribution in [0.25, 0.3) is 0 Å². The fourth-order valence-electron chi connectivity index (χ4n) is 3.24. The number of rotatable bonds is 8. The van der Waals surface area contributed by atoms with Crippen molar-refractivity contribution in [2.45, 2.75) is 45.3 Å². The molecular formula is C21H30N4O5S. The van der Waals surface area contributed by atoms with Gasteiger partial charge in [0.15, 0.2) is 5.76 Å². The summed E-state index contributed by atoms with van der Waals surface area (Å²) in [5.74, 6) is 1.32. The van der Waals surface area contributed by atoms with Gasteiger partial charge in [0.2, 0.25) is 0 Å². The lowest BCUT2D eigenvalue weighted by Gasteiger charge is -2.32. The number of piperidine rings is 1. The molecule has 1 aromatic carbocycles. The average molecular weight is 451 g/mol. The highest BCUT2D eigenvalue weighted by molar-refractivity contribution is 7.86. The zero-order valence-corrected chi connectivity index (χ0v) is 19.2. The molecule has 0 aliphatic carbocycles. The van der Waals surface area contributed by atoms with E-state index >= 15 is 0 Å². The molecular weight excluding hydrogens is 420 g/mol. The minimum absolute atomic E-state index is 0.0603. The maximum absolute atomic E-state index is 12.4. The number of carbonyl (C=O) groups excluding carboxylic acids is 1. The fourth-order valence-corrected chi connectivity index (χ4v) is 4.38. The van der Waals surface area contributed by atoms with Crippen molar-refractivity contribution in [2.24, 2.45) is 0 Å². The van der Waals surface area contributed by atoms with E-state index in [9.17, 15) is 13.2 Å². The van der Waals surface area contributed by atoms with Crippen molar-refractivity contribution in [2.75, 3.05) is 27.2 Å². The van der Waals surface area contributed by atoms with Crippen molar-refractivity contribution in [3.8, 4) is 5.75 Å². The van der Waals surface area contributed by atoms with Gasteiger partial charge in [-0.15, -0.1) is 0 Å². The van der Waals surface area contributed by atoms with E-state index < -0.39 is 10.2 Å². The zero-order valence-electron chi connectivity index (χ0n) is 18.4. The van der Waals surface area contributed by atoms with Crippen molar-refractivity contribution in [3.63, 3.8) is 0 Å². The number of aromatic nitrogens is 1. The van der Waals surface area contributed by atoms with E-state index in [4.69, 9.17) is 9.26 Å². The molecule has 0 spiro atoms. The van der Waals surface area contributed by atoms with Crippen molar-refractivity contribution < 1.29 is 22.5 Å². The van der Waals surface area contributed by atoms with Crippen LogP contribution in [0.3, 0.4) is 0 Å². The highest BCUT2D eigenvalue weighted by Crippen LogP contribution is 2.22. The third-order valence-corrected chi connectivity index (χ3v) is 7.14. The Morgan fingerprint density at radius 2 is 1.90 bits per heavy atom. The Bertz CT molecular complexity index is 977. The largest absolute Gasteiger partial charge is 0.490 e. The van der Waals surface area contributed by atoms with Crippen LogP contribution in [-0.2, 0) is 16.8 Å². The van der Waals surface area contributed by atoms with Crippen molar-refractivity contribution in [3.05, 3.63) is 47.3 Å². The summed E-state index contributed by atoms with van der Waals surface area (Å²) in [6.07, 6.45) is 1.17. The van der Waals surface area contributed by atoms with E-state index in [-0.39, 0.29) is 24.5 Å². The summed E-state index contributed by atoms with van der Waals surface area (Å²) in [5, 5.41) is 6.79. The van der Waals surface area contributed by atoms with Crippen molar-refractivity contribution in [1.82, 2.24) is 19.1 Å². The van der Waals surface area contributed by atoms with Gasteiger partial charge in [0, 0.05) is 38.8 Å². The molecule has 2 heterocycles. The molecule has 1 saturated heterocycles. The van der Waals surface area contributed by atoms with Gasteiger partial charge in [-0.3, -0.25) is 4.79 Å². The Morgan fingerprint density at radius 3 is 2.45 bits per heavy atom. The number of amides is 1. The molecule has 10 heteroatoms. The maximum atomic E-state index is 12.4. The number of hydrogen-bond donors (Lipinski definition) is 1. The molecule has 0 radical (unpaired) electrons. The number of nitrogens with zero attached hydrogens (tertiary/aromatic N) is 3. The summed E-state index contributed by atoms with van der Waals surface area (Å²) < 4.78 is 38.3. The van der Waals surface area contributed by atoms with Gasteiger partial charge in [-0.05, 0) is 43.0 Å². The Morgan fingerprint density at radius 1 is 1.26 bits per heavy atom. The molecule has 170 valence electrons. The SMILES string of the molecule is CC(C)c1cc(CNC(=O)c2ccc(OC3CCN(S(=O)(=O)N(C)C)CC3)cc2)on1. The zero-order chi connectivity index (χ0) is 22.6. The van der Waals surface area contributed by atoms with Gasteiger partial charge in [-0.1, -0.05) is 19.0 Å². The van der Waals surface area contributed by atoms with Crippen LogP contribution in [0.4, 0.5) is 0 Å². The van der Waals surface area contributed by atoms with Gasteiger partial charge in [-0.25, -0.2) is 0 Å². The molecule has 2 aromatic rings. The van der Waals surface area contributed by atoms with Gasteiger partial charge >= 0.3 is 0 Å². The first-order valence-electron chi connectivity index (χ1n) is 10.3. The van der Waals surface area contributed by atoms with Crippen LogP contribution in [-0.4, -0.2) is 61.4 Å². The Labute approximate surface area is 183 Å². The van der Waals surface area contributed by atoms with Gasteiger partial charge in [0.1, 0.15) is 11.9 Å². The third-order valence-electron chi connectivity index (χ3n) is 5.20. The van der Waals surface area contributed by atoms with Crippen LogP contribution in [0.2, 0.25) is 0 Å². The number of nitrogens with one attached hydrogen (secondary N) is 1. The number of ether oxygens (including phenoxy) is 1. The van der Waals surface area contributed by atoms with E-state index in [1.807, 2.05) is 19.9 Å². The Kier molecular flexibility index (Phi) is 7.34. The highest BCUT2D eigenvalue weighted by Gasteiger charge is 2.30. The molecule has 1 amide bonds. The number of benzene rings is 1. The first kappa shape index (κ1) is 23.2. The standard InChI is InChI=1S/C21H30N4O5S/c1-15(2)20-13-19(30-23-20)14-22-21(26)16-5-7-17(8-6-16)29-18-9-11-25(12-10-18)31(27,28)24(3)4/h5-8,13,15,18H,9-12,14H2,1-4H3,(H,22,26). The first-order valence-corrected chi connectivity index (χ1v) is 11.7. The molecule has 3 rings (SSSR count). The second-order valence-corrected chi connectivity index (χ2v) is 10.2. The van der Waals surface area contributed by atoms with Crippen LogP contribution in [0, 0.1) is 0 Å². The molecule has 1 N–H and O–H groups in total. The minimum atomic E-state index is -3.38. The number of carbonyl (C=O) groups is 1. The second-order valence-electron chi connectivity index (χ2n) is 8.09. The smallest absolute Gasteiger partial charge is 0.281 e. The van der Waals surface area contributed by atoms with Gasteiger partial charge < -0.3 is 14.6 Å². The summed E-state index contributed by atoms with van der Waals surface area (Å²) >= 11 is 0. The quantitative estimate of drug-likeness (QED) is 0.662. The first-order chi connectivity index (χ1) is 14.7. The van der Waals surface area contributed by atoms with E-state index in [2.05, 4.69) is 10.5 Å². The molecule has 1 aliphatic heterocycles. The summed E-state index contributed by atoms with van der Waals surface area (Å²) in [5.41, 5.74) is 1.37. The molecule has 0 saturated carbocycles. The molecule has 0 atom stereocenters. The summed E-state index contributed by atoms with van der Waals surface area (Å²) in [6.45, 7) is 5.17. The number of hydrogen-bond acceptors (Lipinski definition) is 6. The lowest BCUT2D eigenvalue weighted by Crippen LogP contribution is -2.46. The summed E-state index contributed by atoms with van der Waals surface area (Å²) in [7, 11) is -0.320. The van der Waals surface area contributed by atoms with Crippen LogP contribution >= 0.6 is 0 Å². The summed E-state index contributed by atoms with van der Waals surface area (Å²) in [4.78, 5) is 12.4. The van der Waals surface area contributed by atoms with Crippen molar-refractivity contribution in [1.29, 1.82) is 0 Å². The maximum Gasteiger partial charge on any atom is 0.281 e. The van der Waals surface area contributed by atoms with Crippen LogP contribution in [0.5, 0.6) is 5.75 Å². The lowest BCUT2D eigenvalue weighted by molar-refractivity contribution is 0.0947. The van der Waals surface area contributed by atoms with Crippen molar-refractivity contribution >= 4 is 16.1 Å². The Hall–Kier alpha value is -2.43. The molecule has 1 aromatic heterocycles. The topological polar surface area (TPSA) is 105 Å². The predicted octanol–water partition coefficient (Wildman–Crippen LogP) is 2.38. The van der Waals surface area contributed by atoms with E-state index in [1.54, 1.807) is 24.3 Å². The normalized spacial score (nSPS) is 16.1. The van der Waals surface area contributed by atoms with Gasteiger partial charge in [0.05, 0.1) is 12.2 Å². The van der Waals surface area contributed by atoms with E-state index in [1.165, 1.54) is 22.7 Å². The Balaban J connectivity index is 1.48. The van der Waals surface area contributed by atoms with Gasteiger partial charge in [0.25, 0.3) is 16.1 Å². The molecule has 31 heavy (non-hydrogen) atoms. The van der Waals surface area contributed by atoms with Crippen LogP contribution in [0.15, 0.2) is 34.9 Å². The minimum Gasteiger partial charge on any atom is -0.490 e. The predicted molar refractivity (Wildman–Crippen MR) is 116 cm³/mol. The average Bonchev–Trinajstić information content (AvgIpc) is 3.22. The molecule has 0 bridgehead atoms. The third kappa shape index (κ3) is 5.84. The van der Waals surface area contributed by atoms with Gasteiger partial charge in [-0.2, -0.15) is 17.0 Å². The molecule has 0 unspecified atom stereocenters. The molecule has 9 nitrogen and oxygen atoms in total. The lowest BCUT2D eigenvalue weighted by atomic mass is 10.1. The molecule has 1 fully saturated rings. The monoisotopic (exact) mass is 450 g/mol. The second kappa shape index (κ2) is 9.80. The van der Waals surface area contributed by atoms with E-state index in [0.29, 0.717) is 43.0 Å². The van der Waals surface area contributed by atoms with E-state index in [0.717, 1.165) is 5.69 Å². The fraction of sp³-hybridized carbons (Fsp3) is 0.524. The molecule has 1 aliphatic rings. The summed E-state index contributed by atoms with van der Waals surface area (Å²) in [6, 6.07) is 8.76. The highest BCUT2D eigenvalue weighted by atomic mass is 32.2.